The van der Waals surface area contributed by atoms with Gasteiger partial charge in [-0.3, -0.25) is 4.79 Å². The molecule has 3 nitrogen and oxygen atoms in total. The lowest BCUT2D eigenvalue weighted by molar-refractivity contribution is -0.118. The van der Waals surface area contributed by atoms with E-state index in [1.807, 2.05) is 42.6 Å². The molecule has 2 aromatic carbocycles. The fourth-order valence-corrected chi connectivity index (χ4v) is 4.53. The number of halogens is 1. The van der Waals surface area contributed by atoms with Crippen molar-refractivity contribution in [1.82, 2.24) is 10.3 Å². The number of carbonyl (C=O) groups excluding carboxylic acids is 1. The fourth-order valence-electron chi connectivity index (χ4n) is 3.44. The zero-order chi connectivity index (χ0) is 18.6. The van der Waals surface area contributed by atoms with E-state index in [1.165, 1.54) is 16.5 Å². The molecule has 1 aliphatic rings. The van der Waals surface area contributed by atoms with E-state index in [4.69, 9.17) is 11.6 Å². The number of aromatic amines is 1. The number of ketones is 1. The highest BCUT2D eigenvalue weighted by Gasteiger charge is 2.22. The molecular formula is C22H21ClN2OS. The maximum Gasteiger partial charge on any atom is 0.159 e. The second kappa shape index (κ2) is 8.34. The summed E-state index contributed by atoms with van der Waals surface area (Å²) in [6, 6.07) is 16.0. The van der Waals surface area contributed by atoms with Crippen LogP contribution < -0.4 is 5.32 Å². The van der Waals surface area contributed by atoms with Crippen LogP contribution in [0, 0.1) is 0 Å². The molecule has 0 bridgehead atoms. The number of aromatic nitrogens is 1. The predicted octanol–water partition coefficient (Wildman–Crippen LogP) is 5.07. The summed E-state index contributed by atoms with van der Waals surface area (Å²) in [6.45, 7) is 0.724. The lowest BCUT2D eigenvalue weighted by Crippen LogP contribution is -2.40. The van der Waals surface area contributed by atoms with Gasteiger partial charge in [0.05, 0.1) is 11.8 Å². The Morgan fingerprint density at radius 2 is 1.96 bits per heavy atom. The summed E-state index contributed by atoms with van der Waals surface area (Å²) in [6.07, 6.45) is 4.93. The summed E-state index contributed by atoms with van der Waals surface area (Å²) in [4.78, 5) is 16.0. The van der Waals surface area contributed by atoms with Crippen LogP contribution in [0.15, 0.2) is 60.8 Å². The summed E-state index contributed by atoms with van der Waals surface area (Å²) >= 11 is 7.65. The minimum Gasteiger partial charge on any atom is -0.361 e. The molecule has 1 aromatic heterocycles. The Kier molecular flexibility index (Phi) is 5.67. The van der Waals surface area contributed by atoms with Gasteiger partial charge in [0, 0.05) is 34.4 Å². The second-order valence-electron chi connectivity index (χ2n) is 6.72. The number of rotatable bonds is 6. The molecule has 0 saturated heterocycles. The maximum absolute atomic E-state index is 12.7. The van der Waals surface area contributed by atoms with Gasteiger partial charge in [-0.25, -0.2) is 0 Å². The summed E-state index contributed by atoms with van der Waals surface area (Å²) in [5.74, 6) is 1.62. The van der Waals surface area contributed by atoms with Gasteiger partial charge in [0.1, 0.15) is 0 Å². The monoisotopic (exact) mass is 396 g/mol. The molecule has 0 aliphatic carbocycles. The van der Waals surface area contributed by atoms with Gasteiger partial charge in [-0.15, -0.1) is 11.8 Å². The Morgan fingerprint density at radius 3 is 2.81 bits per heavy atom. The molecule has 138 valence electrons. The molecule has 5 heteroatoms. The second-order valence-corrected chi connectivity index (χ2v) is 8.14. The number of carbonyl (C=O) groups is 1. The van der Waals surface area contributed by atoms with Gasteiger partial charge in [0.25, 0.3) is 0 Å². The number of hydrogen-bond donors (Lipinski definition) is 2. The molecule has 0 spiro atoms. The fraction of sp³-hybridized carbons (Fsp3) is 0.227. The van der Waals surface area contributed by atoms with Crippen molar-refractivity contribution >= 4 is 45.6 Å². The number of nitrogens with one attached hydrogen (secondary N) is 2. The van der Waals surface area contributed by atoms with Crippen molar-refractivity contribution in [3.63, 3.8) is 0 Å². The summed E-state index contributed by atoms with van der Waals surface area (Å²) in [5, 5.41) is 5.30. The normalized spacial score (nSPS) is 17.1. The standard InChI is InChI=1S/C22H21ClN2OS/c23-18-7-5-15(6-8-18)16-9-10-24-21(11-16)22(26)14-27-13-17-12-25-20-4-2-1-3-19(17)20/h1-9,12,21,24-25H,10-11,13-14H2. The smallest absolute Gasteiger partial charge is 0.159 e. The Bertz CT molecular complexity index is 977. The van der Waals surface area contributed by atoms with Crippen LogP contribution in [0.2, 0.25) is 5.02 Å². The molecule has 2 N–H and O–H groups in total. The van der Waals surface area contributed by atoms with Gasteiger partial charge in [0.15, 0.2) is 5.78 Å². The average molecular weight is 397 g/mol. The van der Waals surface area contributed by atoms with Crippen molar-refractivity contribution in [3.05, 3.63) is 77.0 Å². The number of benzene rings is 2. The zero-order valence-corrected chi connectivity index (χ0v) is 16.4. The van der Waals surface area contributed by atoms with Crippen molar-refractivity contribution in [2.45, 2.75) is 18.2 Å². The first kappa shape index (κ1) is 18.4. The minimum atomic E-state index is -0.115. The van der Waals surface area contributed by atoms with E-state index in [-0.39, 0.29) is 11.8 Å². The van der Waals surface area contributed by atoms with Crippen molar-refractivity contribution in [1.29, 1.82) is 0 Å². The van der Waals surface area contributed by atoms with Crippen molar-refractivity contribution < 1.29 is 4.79 Å². The Labute approximate surface area is 168 Å². The van der Waals surface area contributed by atoms with Gasteiger partial charge < -0.3 is 10.3 Å². The van der Waals surface area contributed by atoms with Gasteiger partial charge in [0.2, 0.25) is 0 Å². The average Bonchev–Trinajstić information content (AvgIpc) is 3.12. The number of hydrogen-bond acceptors (Lipinski definition) is 3. The van der Waals surface area contributed by atoms with Crippen LogP contribution in [0.3, 0.4) is 0 Å². The van der Waals surface area contributed by atoms with Gasteiger partial charge in [-0.05, 0) is 41.3 Å². The summed E-state index contributed by atoms with van der Waals surface area (Å²) < 4.78 is 0. The highest BCUT2D eigenvalue weighted by atomic mass is 35.5. The molecular weight excluding hydrogens is 376 g/mol. The lowest BCUT2D eigenvalue weighted by atomic mass is 9.94. The number of thioether (sulfide) groups is 1. The first-order valence-corrected chi connectivity index (χ1v) is 10.6. The zero-order valence-electron chi connectivity index (χ0n) is 14.9. The Hall–Kier alpha value is -2.01. The maximum atomic E-state index is 12.7. The predicted molar refractivity (Wildman–Crippen MR) is 115 cm³/mol. The third-order valence-corrected chi connectivity index (χ3v) is 6.17. The van der Waals surface area contributed by atoms with Crippen molar-refractivity contribution in [3.8, 4) is 0 Å². The SMILES string of the molecule is O=C(CSCc1c[nH]c2ccccc12)C1CC(c2ccc(Cl)cc2)=CCN1. The van der Waals surface area contributed by atoms with E-state index in [0.29, 0.717) is 5.75 Å². The highest BCUT2D eigenvalue weighted by Crippen LogP contribution is 2.26. The molecule has 27 heavy (non-hydrogen) atoms. The molecule has 0 amide bonds. The van der Waals surface area contributed by atoms with Crippen LogP contribution >= 0.6 is 23.4 Å². The van der Waals surface area contributed by atoms with E-state index in [1.54, 1.807) is 11.8 Å². The van der Waals surface area contributed by atoms with Crippen molar-refractivity contribution in [2.24, 2.45) is 0 Å². The molecule has 1 aliphatic heterocycles. The Balaban J connectivity index is 1.33. The molecule has 0 saturated carbocycles. The quantitative estimate of drug-likeness (QED) is 0.611. The van der Waals surface area contributed by atoms with Crippen LogP contribution in [0.25, 0.3) is 16.5 Å². The third kappa shape index (κ3) is 4.29. The largest absolute Gasteiger partial charge is 0.361 e. The van der Waals surface area contributed by atoms with Gasteiger partial charge in [-0.2, -0.15) is 0 Å². The molecule has 4 rings (SSSR count). The number of Topliss-reactive ketones (excluding diaryl/α,β-unsaturated/α-hetero) is 1. The molecule has 3 aromatic rings. The van der Waals surface area contributed by atoms with E-state index in [9.17, 15) is 4.79 Å². The number of para-hydroxylation sites is 1. The summed E-state index contributed by atoms with van der Waals surface area (Å²) in [7, 11) is 0. The van der Waals surface area contributed by atoms with Crippen LogP contribution in [-0.4, -0.2) is 29.1 Å². The molecule has 1 atom stereocenters. The van der Waals surface area contributed by atoms with E-state index >= 15 is 0 Å². The Morgan fingerprint density at radius 1 is 1.15 bits per heavy atom. The first-order chi connectivity index (χ1) is 13.2. The van der Waals surface area contributed by atoms with Crippen LogP contribution in [0.1, 0.15) is 17.5 Å². The molecule has 0 fully saturated rings. The van der Waals surface area contributed by atoms with Crippen LogP contribution in [-0.2, 0) is 10.5 Å². The highest BCUT2D eigenvalue weighted by molar-refractivity contribution is 7.99. The van der Waals surface area contributed by atoms with E-state index in [0.717, 1.165) is 34.8 Å². The van der Waals surface area contributed by atoms with Crippen LogP contribution in [0.4, 0.5) is 0 Å². The molecule has 0 radical (unpaired) electrons. The lowest BCUT2D eigenvalue weighted by Gasteiger charge is -2.23. The summed E-state index contributed by atoms with van der Waals surface area (Å²) in [5.41, 5.74) is 4.75. The molecule has 2 heterocycles. The number of H-pyrrole nitrogens is 1. The van der Waals surface area contributed by atoms with Crippen molar-refractivity contribution in [2.75, 3.05) is 12.3 Å². The number of fused-ring (bicyclic) bond motifs is 1. The topological polar surface area (TPSA) is 44.9 Å². The van der Waals surface area contributed by atoms with E-state index in [2.05, 4.69) is 28.5 Å². The molecule has 1 unspecified atom stereocenters. The first-order valence-electron chi connectivity index (χ1n) is 9.04. The van der Waals surface area contributed by atoms with Crippen LogP contribution in [0.5, 0.6) is 0 Å². The van der Waals surface area contributed by atoms with Gasteiger partial charge >= 0.3 is 0 Å². The van der Waals surface area contributed by atoms with Gasteiger partial charge in [-0.1, -0.05) is 48.0 Å². The minimum absolute atomic E-state index is 0.115. The van der Waals surface area contributed by atoms with E-state index < -0.39 is 0 Å². The third-order valence-electron chi connectivity index (χ3n) is 4.92.